The van der Waals surface area contributed by atoms with Crippen LogP contribution in [0.2, 0.25) is 0 Å². The molecule has 18 heavy (non-hydrogen) atoms. The van der Waals surface area contributed by atoms with Gasteiger partial charge in [-0.3, -0.25) is 4.79 Å². The average molecular weight is 251 g/mol. The Hall–Kier alpha value is -1.75. The van der Waals surface area contributed by atoms with Crippen molar-refractivity contribution in [3.8, 4) is 11.5 Å². The summed E-state index contributed by atoms with van der Waals surface area (Å²) in [5, 5.41) is 28.5. The molecular weight excluding hydrogens is 234 g/mol. The monoisotopic (exact) mass is 251 g/mol. The van der Waals surface area contributed by atoms with Crippen molar-refractivity contribution in [1.82, 2.24) is 4.90 Å². The first-order chi connectivity index (χ1) is 8.37. The number of phenols is 2. The van der Waals surface area contributed by atoms with E-state index in [4.69, 9.17) is 0 Å². The van der Waals surface area contributed by atoms with Gasteiger partial charge in [-0.15, -0.1) is 0 Å². The largest absolute Gasteiger partial charge is 0.508 e. The molecule has 0 unspecified atom stereocenters. The van der Waals surface area contributed by atoms with Crippen LogP contribution in [-0.4, -0.2) is 44.8 Å². The lowest BCUT2D eigenvalue weighted by Gasteiger charge is -2.35. The van der Waals surface area contributed by atoms with E-state index in [2.05, 4.69) is 0 Å². The molecule has 3 N–H and O–H groups in total. The quantitative estimate of drug-likeness (QED) is 0.697. The number of phenolic OH excluding ortho intramolecular Hbond substituents is 2. The first-order valence-corrected chi connectivity index (χ1v) is 5.92. The van der Waals surface area contributed by atoms with Crippen molar-refractivity contribution in [2.45, 2.75) is 25.4 Å². The van der Waals surface area contributed by atoms with Crippen molar-refractivity contribution >= 4 is 5.91 Å². The van der Waals surface area contributed by atoms with Crippen LogP contribution in [-0.2, 0) is 0 Å². The summed E-state index contributed by atoms with van der Waals surface area (Å²) in [6.45, 7) is 2.71. The van der Waals surface area contributed by atoms with E-state index in [9.17, 15) is 20.1 Å². The molecule has 1 amide bonds. The number of rotatable bonds is 1. The van der Waals surface area contributed by atoms with Crippen molar-refractivity contribution in [2.75, 3.05) is 13.1 Å². The zero-order valence-electron chi connectivity index (χ0n) is 10.3. The fourth-order valence-electron chi connectivity index (χ4n) is 2.09. The lowest BCUT2D eigenvalue weighted by Crippen LogP contribution is -2.45. The van der Waals surface area contributed by atoms with Crippen molar-refractivity contribution in [3.63, 3.8) is 0 Å². The summed E-state index contributed by atoms with van der Waals surface area (Å²) in [6.07, 6.45) is 1.06. The average Bonchev–Trinajstić information content (AvgIpc) is 2.27. The number of carbonyl (C=O) groups excluding carboxylic acids is 1. The third kappa shape index (κ3) is 2.73. The number of piperidine rings is 1. The Morgan fingerprint density at radius 3 is 2.17 bits per heavy atom. The minimum atomic E-state index is -0.711. The van der Waals surface area contributed by atoms with Crippen LogP contribution in [0.25, 0.3) is 0 Å². The Morgan fingerprint density at radius 1 is 1.17 bits per heavy atom. The molecule has 0 bridgehead atoms. The molecule has 0 atom stereocenters. The minimum absolute atomic E-state index is 0.137. The van der Waals surface area contributed by atoms with Crippen molar-refractivity contribution in [1.29, 1.82) is 0 Å². The van der Waals surface area contributed by atoms with Gasteiger partial charge in [0.1, 0.15) is 11.5 Å². The summed E-state index contributed by atoms with van der Waals surface area (Å²) in [4.78, 5) is 13.8. The van der Waals surface area contributed by atoms with Gasteiger partial charge in [0.2, 0.25) is 0 Å². The first kappa shape index (κ1) is 12.7. The maximum atomic E-state index is 12.1. The van der Waals surface area contributed by atoms with Gasteiger partial charge in [-0.2, -0.15) is 0 Å². The molecule has 2 rings (SSSR count). The molecule has 1 aromatic rings. The Kier molecular flexibility index (Phi) is 3.17. The highest BCUT2D eigenvalue weighted by Crippen LogP contribution is 2.25. The van der Waals surface area contributed by atoms with Crippen LogP contribution in [0.15, 0.2) is 18.2 Å². The van der Waals surface area contributed by atoms with Crippen LogP contribution in [0.4, 0.5) is 0 Å². The maximum absolute atomic E-state index is 12.1. The van der Waals surface area contributed by atoms with Crippen LogP contribution in [0.3, 0.4) is 0 Å². The van der Waals surface area contributed by atoms with Crippen LogP contribution in [0.5, 0.6) is 11.5 Å². The minimum Gasteiger partial charge on any atom is -0.508 e. The van der Waals surface area contributed by atoms with Gasteiger partial charge in [0.15, 0.2) is 0 Å². The molecule has 1 heterocycles. The lowest BCUT2D eigenvalue weighted by molar-refractivity contribution is -0.00205. The molecule has 5 heteroatoms. The van der Waals surface area contributed by atoms with Gasteiger partial charge in [-0.1, -0.05) is 0 Å². The fraction of sp³-hybridized carbons (Fsp3) is 0.462. The van der Waals surface area contributed by atoms with E-state index >= 15 is 0 Å². The molecule has 1 aliphatic heterocycles. The van der Waals surface area contributed by atoms with Gasteiger partial charge in [0, 0.05) is 24.7 Å². The summed E-state index contributed by atoms with van der Waals surface area (Å²) in [7, 11) is 0. The Bertz CT molecular complexity index is 440. The third-order valence-corrected chi connectivity index (χ3v) is 3.28. The molecule has 5 nitrogen and oxygen atoms in total. The number of aromatic hydroxyl groups is 2. The lowest BCUT2D eigenvalue weighted by atomic mass is 9.93. The number of likely N-dealkylation sites (tertiary alicyclic amines) is 1. The number of aliphatic hydroxyl groups is 1. The van der Waals surface area contributed by atoms with E-state index in [0.29, 0.717) is 25.9 Å². The smallest absolute Gasteiger partial charge is 0.254 e. The number of carbonyl (C=O) groups is 1. The third-order valence-electron chi connectivity index (χ3n) is 3.28. The highest BCUT2D eigenvalue weighted by Gasteiger charge is 2.30. The number of hydrogen-bond donors (Lipinski definition) is 3. The van der Waals surface area contributed by atoms with Gasteiger partial charge >= 0.3 is 0 Å². The van der Waals surface area contributed by atoms with Crippen LogP contribution >= 0.6 is 0 Å². The standard InChI is InChI=1S/C13H17NO4/c1-13(18)2-4-14(5-3-13)12(17)9-6-10(15)8-11(16)7-9/h6-8,15-16,18H,2-5H2,1H3. The maximum Gasteiger partial charge on any atom is 0.254 e. The highest BCUT2D eigenvalue weighted by molar-refractivity contribution is 5.95. The first-order valence-electron chi connectivity index (χ1n) is 5.92. The Morgan fingerprint density at radius 2 is 1.67 bits per heavy atom. The fourth-order valence-corrected chi connectivity index (χ4v) is 2.09. The number of hydrogen-bond acceptors (Lipinski definition) is 4. The van der Waals surface area contributed by atoms with E-state index in [-0.39, 0.29) is 23.0 Å². The molecule has 0 saturated carbocycles. The summed E-state index contributed by atoms with van der Waals surface area (Å²) in [6, 6.07) is 3.83. The number of benzene rings is 1. The van der Waals surface area contributed by atoms with Crippen LogP contribution in [0.1, 0.15) is 30.1 Å². The summed E-state index contributed by atoms with van der Waals surface area (Å²) in [5.74, 6) is -0.513. The molecule has 1 saturated heterocycles. The molecule has 0 aliphatic carbocycles. The predicted molar refractivity (Wildman–Crippen MR) is 65.5 cm³/mol. The molecule has 0 aromatic heterocycles. The second-order valence-electron chi connectivity index (χ2n) is 5.03. The van der Waals surface area contributed by atoms with E-state index < -0.39 is 5.60 Å². The second kappa shape index (κ2) is 4.49. The summed E-state index contributed by atoms with van der Waals surface area (Å²) < 4.78 is 0. The molecule has 1 fully saturated rings. The van der Waals surface area contributed by atoms with E-state index in [1.54, 1.807) is 11.8 Å². The van der Waals surface area contributed by atoms with Gasteiger partial charge in [-0.25, -0.2) is 0 Å². The topological polar surface area (TPSA) is 81.0 Å². The zero-order chi connectivity index (χ0) is 13.3. The molecule has 0 radical (unpaired) electrons. The highest BCUT2D eigenvalue weighted by atomic mass is 16.3. The van der Waals surface area contributed by atoms with E-state index in [0.717, 1.165) is 0 Å². The normalized spacial score (nSPS) is 18.7. The predicted octanol–water partition coefficient (Wildman–Crippen LogP) is 1.08. The van der Waals surface area contributed by atoms with Crippen molar-refractivity contribution < 1.29 is 20.1 Å². The second-order valence-corrected chi connectivity index (χ2v) is 5.03. The Labute approximate surface area is 105 Å². The van der Waals surface area contributed by atoms with E-state index in [1.807, 2.05) is 0 Å². The van der Waals surface area contributed by atoms with Gasteiger partial charge in [0.05, 0.1) is 5.60 Å². The SMILES string of the molecule is CC1(O)CCN(C(=O)c2cc(O)cc(O)c2)CC1. The Balaban J connectivity index is 2.12. The molecule has 98 valence electrons. The van der Waals surface area contributed by atoms with Crippen LogP contribution in [0, 0.1) is 0 Å². The molecule has 1 aromatic carbocycles. The molecule has 0 spiro atoms. The summed E-state index contributed by atoms with van der Waals surface area (Å²) >= 11 is 0. The van der Waals surface area contributed by atoms with Crippen molar-refractivity contribution in [3.05, 3.63) is 23.8 Å². The van der Waals surface area contributed by atoms with Crippen LogP contribution < -0.4 is 0 Å². The molecule has 1 aliphatic rings. The number of amides is 1. The van der Waals surface area contributed by atoms with Crippen molar-refractivity contribution in [2.24, 2.45) is 0 Å². The summed E-state index contributed by atoms with van der Waals surface area (Å²) in [5.41, 5.74) is -0.452. The van der Waals surface area contributed by atoms with Gasteiger partial charge in [-0.05, 0) is 31.9 Å². The van der Waals surface area contributed by atoms with Gasteiger partial charge < -0.3 is 20.2 Å². The van der Waals surface area contributed by atoms with Gasteiger partial charge in [0.25, 0.3) is 5.91 Å². The number of nitrogens with zero attached hydrogens (tertiary/aromatic N) is 1. The van der Waals surface area contributed by atoms with E-state index in [1.165, 1.54) is 18.2 Å². The molecular formula is C13H17NO4. The zero-order valence-corrected chi connectivity index (χ0v) is 10.3.